The smallest absolute Gasteiger partial charge is 0.119 e. The van der Waals surface area contributed by atoms with Gasteiger partial charge in [0.1, 0.15) is 43.0 Å². The minimum absolute atomic E-state index is 0.136. The minimum Gasteiger partial charge on any atom is -0.491 e. The van der Waals surface area contributed by atoms with E-state index in [-0.39, 0.29) is 31.0 Å². The highest BCUT2D eigenvalue weighted by atomic mass is 16.6. The molecule has 6 rings (SSSR count). The average molecular weight is 625 g/mol. The van der Waals surface area contributed by atoms with E-state index < -0.39 is 11.7 Å². The highest BCUT2D eigenvalue weighted by molar-refractivity contribution is 5.65. The van der Waals surface area contributed by atoms with E-state index in [0.29, 0.717) is 19.0 Å². The van der Waals surface area contributed by atoms with Crippen molar-refractivity contribution in [2.24, 2.45) is 0 Å². The molecule has 2 saturated heterocycles. The molecule has 242 valence electrons. The Hall–Kier alpha value is -3.72. The molecule has 7 nitrogen and oxygen atoms in total. The molecule has 2 heterocycles. The molecule has 0 aromatic heterocycles. The average Bonchev–Trinajstić information content (AvgIpc) is 4.01. The molecular weight excluding hydrogens is 580 g/mol. The fraction of sp³-hybridized carbons (Fsp3) is 0.385. The molecule has 0 bridgehead atoms. The van der Waals surface area contributed by atoms with Gasteiger partial charge in [0.05, 0.1) is 37.6 Å². The molecule has 0 saturated carbocycles. The lowest BCUT2D eigenvalue weighted by Gasteiger charge is -2.27. The Morgan fingerprint density at radius 1 is 0.565 bits per heavy atom. The van der Waals surface area contributed by atoms with E-state index in [0.717, 1.165) is 52.3 Å². The lowest BCUT2D eigenvalue weighted by molar-refractivity contribution is -0.0717. The van der Waals surface area contributed by atoms with E-state index >= 15 is 0 Å². The zero-order valence-electron chi connectivity index (χ0n) is 27.1. The molecule has 4 aromatic rings. The molecule has 0 radical (unpaired) electrons. The van der Waals surface area contributed by atoms with Crippen molar-refractivity contribution in [2.45, 2.75) is 57.2 Å². The standard InChI is InChI=1S/C39H44O7/c1-38(2,31-13-5-27(6-14-31)30-11-19-35(20-12-30)42-23-36-24-43-36)45-22-33(40)21-41-34-17-9-29(10-18-34)28-7-15-32(16-8-28)39(3,4)46-26-37-25-44-37/h5-20,33,36-37,40H,21-26H2,1-4H3. The molecule has 2 fully saturated rings. The number of ether oxygens (including phenoxy) is 6. The van der Waals surface area contributed by atoms with Crippen LogP contribution in [0.2, 0.25) is 0 Å². The number of epoxide rings is 2. The fourth-order valence-corrected chi connectivity index (χ4v) is 5.15. The second-order valence-corrected chi connectivity index (χ2v) is 13.0. The number of aliphatic hydroxyl groups excluding tert-OH is 1. The summed E-state index contributed by atoms with van der Waals surface area (Å²) in [5, 5.41) is 10.6. The highest BCUT2D eigenvalue weighted by Gasteiger charge is 2.28. The SMILES string of the molecule is CC(C)(OCC(O)COc1ccc(-c2ccc(C(C)(C)OCC3CO3)cc2)cc1)c1ccc(-c2ccc(OCC3CO3)cc2)cc1. The Morgan fingerprint density at radius 2 is 0.957 bits per heavy atom. The first-order valence-corrected chi connectivity index (χ1v) is 16.0. The number of hydrogen-bond donors (Lipinski definition) is 1. The third kappa shape index (κ3) is 8.75. The zero-order valence-corrected chi connectivity index (χ0v) is 27.1. The molecule has 3 atom stereocenters. The molecular formula is C39H44O7. The fourth-order valence-electron chi connectivity index (χ4n) is 5.15. The molecule has 0 spiro atoms. The van der Waals surface area contributed by atoms with Crippen LogP contribution in [0.4, 0.5) is 0 Å². The van der Waals surface area contributed by atoms with Crippen LogP contribution in [-0.4, -0.2) is 63.1 Å². The van der Waals surface area contributed by atoms with Crippen LogP contribution in [0.1, 0.15) is 38.8 Å². The van der Waals surface area contributed by atoms with E-state index in [1.165, 1.54) is 0 Å². The molecule has 4 aromatic carbocycles. The van der Waals surface area contributed by atoms with E-state index in [2.05, 4.69) is 74.5 Å². The second-order valence-electron chi connectivity index (χ2n) is 13.0. The first-order valence-electron chi connectivity index (χ1n) is 16.0. The van der Waals surface area contributed by atoms with Crippen LogP contribution in [0.3, 0.4) is 0 Å². The molecule has 1 N–H and O–H groups in total. The number of benzene rings is 4. The van der Waals surface area contributed by atoms with Gasteiger partial charge in [0.25, 0.3) is 0 Å². The molecule has 7 heteroatoms. The summed E-state index contributed by atoms with van der Waals surface area (Å²) < 4.78 is 34.3. The van der Waals surface area contributed by atoms with Gasteiger partial charge < -0.3 is 33.5 Å². The van der Waals surface area contributed by atoms with Gasteiger partial charge in [-0.25, -0.2) is 0 Å². The Labute approximate surface area is 272 Å². The number of hydrogen-bond acceptors (Lipinski definition) is 7. The van der Waals surface area contributed by atoms with Crippen LogP contribution < -0.4 is 9.47 Å². The third-order valence-corrected chi connectivity index (χ3v) is 8.49. The van der Waals surface area contributed by atoms with Crippen LogP contribution in [0.15, 0.2) is 97.1 Å². The minimum atomic E-state index is -0.768. The van der Waals surface area contributed by atoms with Gasteiger partial charge in [-0.3, -0.25) is 0 Å². The molecule has 46 heavy (non-hydrogen) atoms. The Kier molecular flexibility index (Phi) is 9.78. The van der Waals surface area contributed by atoms with Gasteiger partial charge in [-0.05, 0) is 85.3 Å². The summed E-state index contributed by atoms with van der Waals surface area (Å²) >= 11 is 0. The maximum Gasteiger partial charge on any atom is 0.119 e. The summed E-state index contributed by atoms with van der Waals surface area (Å²) in [4.78, 5) is 0. The van der Waals surface area contributed by atoms with E-state index in [4.69, 9.17) is 28.4 Å². The summed E-state index contributed by atoms with van der Waals surface area (Å²) in [6.45, 7) is 11.3. The summed E-state index contributed by atoms with van der Waals surface area (Å²) in [6, 6.07) is 32.8. The van der Waals surface area contributed by atoms with Crippen molar-refractivity contribution in [1.29, 1.82) is 0 Å². The summed E-state index contributed by atoms with van der Waals surface area (Å²) in [6.07, 6.45) is -0.283. The zero-order chi connectivity index (χ0) is 32.1. The van der Waals surface area contributed by atoms with Crippen LogP contribution in [0.25, 0.3) is 22.3 Å². The quantitative estimate of drug-likeness (QED) is 0.133. The first kappa shape index (κ1) is 32.2. The van der Waals surface area contributed by atoms with Crippen molar-refractivity contribution >= 4 is 0 Å². The molecule has 2 aliphatic heterocycles. The predicted molar refractivity (Wildman–Crippen MR) is 178 cm³/mol. The van der Waals surface area contributed by atoms with Crippen molar-refractivity contribution in [2.75, 3.05) is 39.6 Å². The first-order chi connectivity index (χ1) is 22.1. The van der Waals surface area contributed by atoms with Crippen molar-refractivity contribution in [3.63, 3.8) is 0 Å². The maximum atomic E-state index is 10.6. The van der Waals surface area contributed by atoms with E-state index in [1.807, 2.05) is 50.2 Å². The maximum absolute atomic E-state index is 10.6. The van der Waals surface area contributed by atoms with Crippen LogP contribution in [0, 0.1) is 0 Å². The summed E-state index contributed by atoms with van der Waals surface area (Å²) in [5.74, 6) is 1.54. The largest absolute Gasteiger partial charge is 0.491 e. The summed E-state index contributed by atoms with van der Waals surface area (Å²) in [5.41, 5.74) is 5.63. The Bertz CT molecular complexity index is 1540. The van der Waals surface area contributed by atoms with Crippen molar-refractivity contribution < 1.29 is 33.5 Å². The van der Waals surface area contributed by atoms with Crippen molar-refractivity contribution in [3.8, 4) is 33.8 Å². The lowest BCUT2D eigenvalue weighted by Crippen LogP contribution is -2.30. The normalized spacial score (nSPS) is 18.2. The van der Waals surface area contributed by atoms with Crippen molar-refractivity contribution in [3.05, 3.63) is 108 Å². The van der Waals surface area contributed by atoms with E-state index in [1.54, 1.807) is 0 Å². The topological polar surface area (TPSA) is 82.2 Å². The van der Waals surface area contributed by atoms with Gasteiger partial charge in [-0.2, -0.15) is 0 Å². The third-order valence-electron chi connectivity index (χ3n) is 8.49. The van der Waals surface area contributed by atoms with Gasteiger partial charge in [-0.15, -0.1) is 0 Å². The number of rotatable bonds is 16. The van der Waals surface area contributed by atoms with Gasteiger partial charge >= 0.3 is 0 Å². The Balaban J connectivity index is 0.949. The van der Waals surface area contributed by atoms with Crippen molar-refractivity contribution in [1.82, 2.24) is 0 Å². The van der Waals surface area contributed by atoms with Crippen LogP contribution >= 0.6 is 0 Å². The van der Waals surface area contributed by atoms with Gasteiger partial charge in [0.15, 0.2) is 0 Å². The number of aliphatic hydroxyl groups is 1. The highest BCUT2D eigenvalue weighted by Crippen LogP contribution is 2.31. The van der Waals surface area contributed by atoms with Crippen LogP contribution in [-0.2, 0) is 30.1 Å². The lowest BCUT2D eigenvalue weighted by atomic mass is 9.95. The molecule has 0 aliphatic carbocycles. The Morgan fingerprint density at radius 3 is 1.41 bits per heavy atom. The van der Waals surface area contributed by atoms with Gasteiger partial charge in [-0.1, -0.05) is 72.8 Å². The van der Waals surface area contributed by atoms with Gasteiger partial charge in [0, 0.05) is 0 Å². The second kappa shape index (κ2) is 14.0. The van der Waals surface area contributed by atoms with E-state index in [9.17, 15) is 5.11 Å². The van der Waals surface area contributed by atoms with Crippen LogP contribution in [0.5, 0.6) is 11.5 Å². The summed E-state index contributed by atoms with van der Waals surface area (Å²) in [7, 11) is 0. The molecule has 2 aliphatic rings. The molecule has 3 unspecified atom stereocenters. The predicted octanol–water partition coefficient (Wildman–Crippen LogP) is 7.14. The monoisotopic (exact) mass is 624 g/mol. The molecule has 0 amide bonds. The van der Waals surface area contributed by atoms with Gasteiger partial charge in [0.2, 0.25) is 0 Å².